The van der Waals surface area contributed by atoms with Crippen molar-refractivity contribution >= 4 is 17.3 Å². The van der Waals surface area contributed by atoms with Gasteiger partial charge < -0.3 is 14.5 Å². The van der Waals surface area contributed by atoms with E-state index < -0.39 is 5.97 Å². The van der Waals surface area contributed by atoms with Gasteiger partial charge in [0, 0.05) is 17.6 Å². The molecule has 1 unspecified atom stereocenters. The number of nitrogens with one attached hydrogen (secondary N) is 1. The summed E-state index contributed by atoms with van der Waals surface area (Å²) in [4.78, 5) is 16.4. The topological polar surface area (TPSA) is 64.4 Å². The van der Waals surface area contributed by atoms with Crippen LogP contribution >= 0.6 is 11.3 Å². The number of esters is 1. The fourth-order valence-electron chi connectivity index (χ4n) is 1.48. The number of methoxy groups -OCH3 is 1. The lowest BCUT2D eigenvalue weighted by Crippen LogP contribution is -2.16. The van der Waals surface area contributed by atoms with Gasteiger partial charge in [-0.3, -0.25) is 4.98 Å². The Morgan fingerprint density at radius 3 is 3.11 bits per heavy atom. The van der Waals surface area contributed by atoms with E-state index in [4.69, 9.17) is 4.42 Å². The van der Waals surface area contributed by atoms with E-state index in [9.17, 15) is 4.79 Å². The van der Waals surface area contributed by atoms with Crippen LogP contribution in [0.15, 0.2) is 28.3 Å². The highest BCUT2D eigenvalue weighted by molar-refractivity contribution is 7.09. The normalized spacial score (nSPS) is 12.3. The number of rotatable bonds is 5. The fourth-order valence-corrected chi connectivity index (χ4v) is 2.03. The third kappa shape index (κ3) is 2.96. The summed E-state index contributed by atoms with van der Waals surface area (Å²) in [7, 11) is 1.33. The monoisotopic (exact) mass is 266 g/mol. The average molecular weight is 266 g/mol. The molecule has 2 heterocycles. The van der Waals surface area contributed by atoms with Crippen molar-refractivity contribution in [3.8, 4) is 0 Å². The van der Waals surface area contributed by atoms with Crippen LogP contribution in [0.5, 0.6) is 0 Å². The number of aromatic nitrogens is 1. The Hall–Kier alpha value is -1.66. The first kappa shape index (κ1) is 12.8. The van der Waals surface area contributed by atoms with E-state index in [1.54, 1.807) is 29.0 Å². The zero-order valence-electron chi connectivity index (χ0n) is 10.2. The molecular formula is C12H14N2O3S. The number of furan rings is 1. The number of carbonyl (C=O) groups excluding carboxylic acids is 1. The van der Waals surface area contributed by atoms with Crippen molar-refractivity contribution < 1.29 is 13.9 Å². The summed E-state index contributed by atoms with van der Waals surface area (Å²) in [5.41, 5.74) is 1.80. The Morgan fingerprint density at radius 1 is 1.61 bits per heavy atom. The number of hydrogen-bond donors (Lipinski definition) is 1. The molecule has 0 aliphatic rings. The van der Waals surface area contributed by atoms with E-state index in [2.05, 4.69) is 15.0 Å². The lowest BCUT2D eigenvalue weighted by Gasteiger charge is -2.09. The molecule has 0 fully saturated rings. The Bertz CT molecular complexity index is 507. The van der Waals surface area contributed by atoms with Crippen LogP contribution in [0, 0.1) is 0 Å². The molecule has 1 N–H and O–H groups in total. The molecule has 5 nitrogen and oxygen atoms in total. The molecule has 0 saturated heterocycles. The van der Waals surface area contributed by atoms with Gasteiger partial charge in [0.15, 0.2) is 0 Å². The number of thiazole rings is 1. The highest BCUT2D eigenvalue weighted by Gasteiger charge is 2.15. The van der Waals surface area contributed by atoms with Crippen molar-refractivity contribution in [3.05, 3.63) is 40.2 Å². The van der Waals surface area contributed by atoms with E-state index in [1.807, 2.05) is 13.1 Å². The second-order valence-corrected chi connectivity index (χ2v) is 4.73. The number of ether oxygens (including phenoxy) is 1. The molecule has 6 heteroatoms. The zero-order valence-corrected chi connectivity index (χ0v) is 11.0. The van der Waals surface area contributed by atoms with Gasteiger partial charge in [-0.05, 0) is 19.1 Å². The molecule has 0 aromatic carbocycles. The molecule has 0 aliphatic carbocycles. The summed E-state index contributed by atoms with van der Waals surface area (Å²) in [5, 5.41) is 3.30. The number of nitrogens with zero attached hydrogens (tertiary/aromatic N) is 1. The first-order valence-corrected chi connectivity index (χ1v) is 6.37. The minimum Gasteiger partial charge on any atom is -0.463 e. The van der Waals surface area contributed by atoms with Gasteiger partial charge in [-0.15, -0.1) is 11.3 Å². The maximum atomic E-state index is 11.3. The quantitative estimate of drug-likeness (QED) is 0.842. The van der Waals surface area contributed by atoms with Gasteiger partial charge in [-0.2, -0.15) is 0 Å². The molecule has 0 saturated carbocycles. The van der Waals surface area contributed by atoms with Crippen molar-refractivity contribution in [2.45, 2.75) is 19.5 Å². The molecule has 0 radical (unpaired) electrons. The molecule has 0 amide bonds. The van der Waals surface area contributed by atoms with Gasteiger partial charge in [-0.1, -0.05) is 0 Å². The van der Waals surface area contributed by atoms with Crippen molar-refractivity contribution in [1.29, 1.82) is 0 Å². The Labute approximate surface area is 109 Å². The summed E-state index contributed by atoms with van der Waals surface area (Å²) < 4.78 is 10.0. The molecule has 2 aromatic rings. The van der Waals surface area contributed by atoms with E-state index in [1.165, 1.54) is 7.11 Å². The van der Waals surface area contributed by atoms with Crippen LogP contribution in [-0.4, -0.2) is 18.1 Å². The molecule has 2 rings (SSSR count). The zero-order chi connectivity index (χ0) is 13.0. The fraction of sp³-hybridized carbons (Fsp3) is 0.333. The molecule has 18 heavy (non-hydrogen) atoms. The lowest BCUT2D eigenvalue weighted by molar-refractivity contribution is 0.0562. The second-order valence-electron chi connectivity index (χ2n) is 3.76. The van der Waals surface area contributed by atoms with Crippen molar-refractivity contribution in [2.24, 2.45) is 0 Å². The van der Waals surface area contributed by atoms with Gasteiger partial charge >= 0.3 is 5.97 Å². The van der Waals surface area contributed by atoms with Crippen molar-refractivity contribution in [2.75, 3.05) is 7.11 Å². The maximum Gasteiger partial charge on any atom is 0.373 e. The molecule has 0 aliphatic heterocycles. The van der Waals surface area contributed by atoms with Crippen LogP contribution in [-0.2, 0) is 11.3 Å². The molecule has 2 aromatic heterocycles. The Balaban J connectivity index is 1.94. The van der Waals surface area contributed by atoms with E-state index in [0.717, 1.165) is 11.4 Å². The van der Waals surface area contributed by atoms with Crippen molar-refractivity contribution in [1.82, 2.24) is 10.3 Å². The summed E-state index contributed by atoms with van der Waals surface area (Å²) in [5.74, 6) is 0.467. The highest BCUT2D eigenvalue weighted by atomic mass is 32.1. The first-order chi connectivity index (χ1) is 8.70. The third-order valence-electron chi connectivity index (χ3n) is 2.51. The van der Waals surface area contributed by atoms with E-state index >= 15 is 0 Å². The maximum absolute atomic E-state index is 11.3. The van der Waals surface area contributed by atoms with Crippen LogP contribution in [0.2, 0.25) is 0 Å². The van der Waals surface area contributed by atoms with Crippen molar-refractivity contribution in [3.63, 3.8) is 0 Å². The summed E-state index contributed by atoms with van der Waals surface area (Å²) >= 11 is 1.60. The van der Waals surface area contributed by atoms with E-state index in [-0.39, 0.29) is 11.8 Å². The first-order valence-electron chi connectivity index (χ1n) is 5.49. The summed E-state index contributed by atoms with van der Waals surface area (Å²) in [6.07, 6.45) is 1.83. The SMILES string of the molecule is COC(=O)c1ccc(C(C)NCc2cncs2)o1. The summed E-state index contributed by atoms with van der Waals surface area (Å²) in [6, 6.07) is 3.41. The predicted octanol–water partition coefficient (Wildman–Crippen LogP) is 2.37. The molecule has 96 valence electrons. The van der Waals surface area contributed by atoms with E-state index in [0.29, 0.717) is 5.76 Å². The Kier molecular flexibility index (Phi) is 4.11. The molecule has 0 spiro atoms. The van der Waals surface area contributed by atoms with Crippen LogP contribution in [0.25, 0.3) is 0 Å². The van der Waals surface area contributed by atoms with Gasteiger partial charge in [0.25, 0.3) is 0 Å². The molecule has 1 atom stereocenters. The molecular weight excluding hydrogens is 252 g/mol. The van der Waals surface area contributed by atoms with Crippen LogP contribution in [0.3, 0.4) is 0 Å². The van der Waals surface area contributed by atoms with Gasteiger partial charge in [0.2, 0.25) is 5.76 Å². The smallest absolute Gasteiger partial charge is 0.373 e. The number of hydrogen-bond acceptors (Lipinski definition) is 6. The second kappa shape index (κ2) is 5.79. The standard InChI is InChI=1S/C12H14N2O3S/c1-8(14-6-9-5-13-7-18-9)10-3-4-11(17-10)12(15)16-2/h3-5,7-8,14H,6H2,1-2H3. The number of carbonyl (C=O) groups is 1. The van der Waals surface area contributed by atoms with Gasteiger partial charge in [-0.25, -0.2) is 4.79 Å². The van der Waals surface area contributed by atoms with Gasteiger partial charge in [0.05, 0.1) is 18.7 Å². The predicted molar refractivity (Wildman–Crippen MR) is 67.4 cm³/mol. The van der Waals surface area contributed by atoms with Crippen LogP contribution < -0.4 is 5.32 Å². The lowest BCUT2D eigenvalue weighted by atomic mass is 10.2. The molecule has 0 bridgehead atoms. The largest absolute Gasteiger partial charge is 0.463 e. The highest BCUT2D eigenvalue weighted by Crippen LogP contribution is 2.17. The minimum absolute atomic E-state index is 0.0190. The third-order valence-corrected chi connectivity index (χ3v) is 3.29. The average Bonchev–Trinajstić information content (AvgIpc) is 3.05. The minimum atomic E-state index is -0.462. The summed E-state index contributed by atoms with van der Waals surface area (Å²) in [6.45, 7) is 2.70. The van der Waals surface area contributed by atoms with Crippen LogP contribution in [0.4, 0.5) is 0 Å². The van der Waals surface area contributed by atoms with Crippen LogP contribution in [0.1, 0.15) is 34.2 Å². The Morgan fingerprint density at radius 2 is 2.44 bits per heavy atom. The van der Waals surface area contributed by atoms with Gasteiger partial charge in [0.1, 0.15) is 5.76 Å².